The topological polar surface area (TPSA) is 41.0 Å². The number of anilines is 1. The highest BCUT2D eigenvalue weighted by Crippen LogP contribution is 2.13. The standard InChI is InChI=1S/C11H18N4/c1-9-3-4-11(14-13-9)15(2)8-10-5-6-12-7-10/h3-4,10,12H,5-8H2,1-2H3/t10-/m0/s1. The zero-order valence-electron chi connectivity index (χ0n) is 9.40. The van der Waals surface area contributed by atoms with Gasteiger partial charge in [-0.1, -0.05) is 0 Å². The highest BCUT2D eigenvalue weighted by molar-refractivity contribution is 5.36. The smallest absolute Gasteiger partial charge is 0.150 e. The zero-order chi connectivity index (χ0) is 10.7. The number of rotatable bonds is 3. The average Bonchev–Trinajstić information content (AvgIpc) is 2.71. The fourth-order valence-electron chi connectivity index (χ4n) is 1.95. The number of aryl methyl sites for hydroxylation is 1. The fraction of sp³-hybridized carbons (Fsp3) is 0.636. The van der Waals surface area contributed by atoms with Crippen LogP contribution in [0.2, 0.25) is 0 Å². The first kappa shape index (κ1) is 10.4. The van der Waals surface area contributed by atoms with E-state index in [1.54, 1.807) is 0 Å². The summed E-state index contributed by atoms with van der Waals surface area (Å²) in [6.07, 6.45) is 1.27. The summed E-state index contributed by atoms with van der Waals surface area (Å²) < 4.78 is 0. The number of nitrogens with one attached hydrogen (secondary N) is 1. The summed E-state index contributed by atoms with van der Waals surface area (Å²) in [7, 11) is 2.08. The van der Waals surface area contributed by atoms with Crippen molar-refractivity contribution in [3.05, 3.63) is 17.8 Å². The fourth-order valence-corrected chi connectivity index (χ4v) is 1.95. The van der Waals surface area contributed by atoms with Gasteiger partial charge in [0.05, 0.1) is 5.69 Å². The van der Waals surface area contributed by atoms with Crippen molar-refractivity contribution in [3.8, 4) is 0 Å². The molecule has 2 rings (SSSR count). The summed E-state index contributed by atoms with van der Waals surface area (Å²) >= 11 is 0. The predicted molar refractivity (Wildman–Crippen MR) is 61.0 cm³/mol. The van der Waals surface area contributed by atoms with Crippen LogP contribution in [0.25, 0.3) is 0 Å². The normalized spacial score (nSPS) is 20.5. The SMILES string of the molecule is Cc1ccc(N(C)C[C@H]2CCNC2)nn1. The van der Waals surface area contributed by atoms with Crippen LogP contribution < -0.4 is 10.2 Å². The van der Waals surface area contributed by atoms with Crippen LogP contribution in [-0.4, -0.2) is 36.9 Å². The molecule has 1 saturated heterocycles. The molecule has 15 heavy (non-hydrogen) atoms. The molecule has 0 spiro atoms. The van der Waals surface area contributed by atoms with Gasteiger partial charge in [0.1, 0.15) is 0 Å². The van der Waals surface area contributed by atoms with Gasteiger partial charge in [-0.15, -0.1) is 5.10 Å². The first-order chi connectivity index (χ1) is 7.25. The van der Waals surface area contributed by atoms with Gasteiger partial charge in [0.15, 0.2) is 5.82 Å². The Bertz CT molecular complexity index is 303. The van der Waals surface area contributed by atoms with Crippen LogP contribution in [0, 0.1) is 12.8 Å². The van der Waals surface area contributed by atoms with Crippen LogP contribution in [0.1, 0.15) is 12.1 Å². The van der Waals surface area contributed by atoms with Crippen molar-refractivity contribution in [3.63, 3.8) is 0 Å². The lowest BCUT2D eigenvalue weighted by Gasteiger charge is -2.20. The average molecular weight is 206 g/mol. The Morgan fingerprint density at radius 2 is 2.33 bits per heavy atom. The van der Waals surface area contributed by atoms with Gasteiger partial charge in [-0.2, -0.15) is 5.10 Å². The molecule has 0 radical (unpaired) electrons. The molecule has 0 aromatic carbocycles. The number of aromatic nitrogens is 2. The molecule has 0 unspecified atom stereocenters. The van der Waals surface area contributed by atoms with Crippen LogP contribution in [0.5, 0.6) is 0 Å². The summed E-state index contributed by atoms with van der Waals surface area (Å²) in [6, 6.07) is 4.04. The molecule has 1 fully saturated rings. The lowest BCUT2D eigenvalue weighted by molar-refractivity contribution is 0.574. The van der Waals surface area contributed by atoms with Gasteiger partial charge in [0.2, 0.25) is 0 Å². The van der Waals surface area contributed by atoms with Gasteiger partial charge in [-0.25, -0.2) is 0 Å². The van der Waals surface area contributed by atoms with E-state index in [2.05, 4.69) is 27.5 Å². The Balaban J connectivity index is 1.94. The molecule has 1 aromatic rings. The zero-order valence-corrected chi connectivity index (χ0v) is 9.40. The highest BCUT2D eigenvalue weighted by atomic mass is 15.2. The third kappa shape index (κ3) is 2.65. The number of nitrogens with zero attached hydrogens (tertiary/aromatic N) is 3. The quantitative estimate of drug-likeness (QED) is 0.795. The van der Waals surface area contributed by atoms with Gasteiger partial charge in [0.25, 0.3) is 0 Å². The summed E-state index contributed by atoms with van der Waals surface area (Å²) in [6.45, 7) is 5.30. The van der Waals surface area contributed by atoms with Crippen molar-refractivity contribution in [1.29, 1.82) is 0 Å². The Labute approximate surface area is 90.7 Å². The van der Waals surface area contributed by atoms with Crippen LogP contribution in [0.3, 0.4) is 0 Å². The lowest BCUT2D eigenvalue weighted by Crippen LogP contribution is -2.27. The van der Waals surface area contributed by atoms with Gasteiger partial charge in [-0.3, -0.25) is 0 Å². The van der Waals surface area contributed by atoms with E-state index in [1.165, 1.54) is 6.42 Å². The molecule has 1 aromatic heterocycles. The maximum Gasteiger partial charge on any atom is 0.150 e. The Hall–Kier alpha value is -1.16. The molecule has 0 amide bonds. The molecule has 0 bridgehead atoms. The van der Waals surface area contributed by atoms with Gasteiger partial charge < -0.3 is 10.2 Å². The van der Waals surface area contributed by atoms with Crippen molar-refractivity contribution in [2.24, 2.45) is 5.92 Å². The molecule has 82 valence electrons. The first-order valence-corrected chi connectivity index (χ1v) is 5.48. The molecule has 0 aliphatic carbocycles. The van der Waals surface area contributed by atoms with Crippen molar-refractivity contribution < 1.29 is 0 Å². The highest BCUT2D eigenvalue weighted by Gasteiger charge is 2.16. The molecular formula is C11H18N4. The second-order valence-corrected chi connectivity index (χ2v) is 4.27. The molecule has 1 atom stereocenters. The molecule has 4 nitrogen and oxygen atoms in total. The molecule has 1 aliphatic rings. The van der Waals surface area contributed by atoms with E-state index >= 15 is 0 Å². The van der Waals surface area contributed by atoms with E-state index in [0.29, 0.717) is 0 Å². The third-order valence-electron chi connectivity index (χ3n) is 2.87. The van der Waals surface area contributed by atoms with Crippen molar-refractivity contribution in [1.82, 2.24) is 15.5 Å². The van der Waals surface area contributed by atoms with Gasteiger partial charge >= 0.3 is 0 Å². The summed E-state index contributed by atoms with van der Waals surface area (Å²) in [5, 5.41) is 11.6. The minimum atomic E-state index is 0.748. The number of hydrogen-bond acceptors (Lipinski definition) is 4. The monoisotopic (exact) mass is 206 g/mol. The summed E-state index contributed by atoms with van der Waals surface area (Å²) in [5.41, 5.74) is 0.967. The maximum atomic E-state index is 4.18. The minimum absolute atomic E-state index is 0.748. The number of hydrogen-bond donors (Lipinski definition) is 1. The van der Waals surface area contributed by atoms with E-state index < -0.39 is 0 Å². The molecular weight excluding hydrogens is 188 g/mol. The van der Waals surface area contributed by atoms with E-state index in [-0.39, 0.29) is 0 Å². The molecule has 4 heteroatoms. The van der Waals surface area contributed by atoms with Crippen LogP contribution in [0.4, 0.5) is 5.82 Å². The second-order valence-electron chi connectivity index (χ2n) is 4.27. The molecule has 0 saturated carbocycles. The molecule has 1 aliphatic heterocycles. The third-order valence-corrected chi connectivity index (χ3v) is 2.87. The van der Waals surface area contributed by atoms with Crippen molar-refractivity contribution in [2.45, 2.75) is 13.3 Å². The first-order valence-electron chi connectivity index (χ1n) is 5.48. The van der Waals surface area contributed by atoms with Gasteiger partial charge in [0, 0.05) is 13.6 Å². The summed E-state index contributed by atoms with van der Waals surface area (Å²) in [5.74, 6) is 1.71. The van der Waals surface area contributed by atoms with E-state index in [4.69, 9.17) is 0 Å². The summed E-state index contributed by atoms with van der Waals surface area (Å²) in [4.78, 5) is 2.18. The van der Waals surface area contributed by atoms with E-state index in [9.17, 15) is 0 Å². The van der Waals surface area contributed by atoms with Crippen molar-refractivity contribution >= 4 is 5.82 Å². The molecule has 1 N–H and O–H groups in total. The minimum Gasteiger partial charge on any atom is -0.358 e. The lowest BCUT2D eigenvalue weighted by atomic mass is 10.1. The van der Waals surface area contributed by atoms with Crippen LogP contribution >= 0.6 is 0 Å². The van der Waals surface area contributed by atoms with Crippen molar-refractivity contribution in [2.75, 3.05) is 31.6 Å². The maximum absolute atomic E-state index is 4.18. The molecule has 2 heterocycles. The van der Waals surface area contributed by atoms with Crippen LogP contribution in [0.15, 0.2) is 12.1 Å². The second kappa shape index (κ2) is 4.57. The Morgan fingerprint density at radius 3 is 2.93 bits per heavy atom. The Morgan fingerprint density at radius 1 is 1.47 bits per heavy atom. The van der Waals surface area contributed by atoms with E-state index in [0.717, 1.165) is 37.1 Å². The van der Waals surface area contributed by atoms with Crippen LogP contribution in [-0.2, 0) is 0 Å². The largest absolute Gasteiger partial charge is 0.358 e. The predicted octanol–water partition coefficient (Wildman–Crippen LogP) is 0.831. The Kier molecular flexibility index (Phi) is 3.16. The van der Waals surface area contributed by atoms with E-state index in [1.807, 2.05) is 19.1 Å². The van der Waals surface area contributed by atoms with Gasteiger partial charge in [-0.05, 0) is 44.5 Å².